The van der Waals surface area contributed by atoms with Crippen LogP contribution in [0, 0.1) is 5.92 Å². The zero-order valence-electron chi connectivity index (χ0n) is 15.2. The van der Waals surface area contributed by atoms with Crippen LogP contribution in [0.4, 0.5) is 0 Å². The number of Topliss-reactive ketones (excluding diaryl/α,β-unsaturated/α-hetero) is 1. The second kappa shape index (κ2) is 8.55. The Labute approximate surface area is 147 Å². The highest BCUT2D eigenvalue weighted by molar-refractivity contribution is 6.16. The van der Waals surface area contributed by atoms with E-state index in [1.54, 1.807) is 20.8 Å². The molecule has 0 saturated heterocycles. The molecule has 138 valence electrons. The second-order valence-corrected chi connectivity index (χ2v) is 6.45. The smallest absolute Gasteiger partial charge is 0.256 e. The summed E-state index contributed by atoms with van der Waals surface area (Å²) in [5, 5.41) is 5.04. The van der Waals surface area contributed by atoms with Crippen molar-refractivity contribution in [3.05, 3.63) is 11.6 Å². The summed E-state index contributed by atoms with van der Waals surface area (Å²) in [5.41, 5.74) is 0.335. The Morgan fingerprint density at radius 2 is 1.64 bits per heavy atom. The van der Waals surface area contributed by atoms with Crippen LogP contribution < -0.4 is 10.6 Å². The lowest BCUT2D eigenvalue weighted by atomic mass is 10.0. The van der Waals surface area contributed by atoms with E-state index in [-0.39, 0.29) is 24.7 Å². The lowest BCUT2D eigenvalue weighted by Crippen LogP contribution is -2.50. The molecule has 2 atom stereocenters. The van der Waals surface area contributed by atoms with Gasteiger partial charge in [0.25, 0.3) is 11.8 Å². The first kappa shape index (κ1) is 20.5. The van der Waals surface area contributed by atoms with Gasteiger partial charge in [0.1, 0.15) is 6.04 Å². The van der Waals surface area contributed by atoms with E-state index < -0.39 is 35.7 Å². The highest BCUT2D eigenvalue weighted by Crippen LogP contribution is 2.12. The molecule has 0 spiro atoms. The van der Waals surface area contributed by atoms with Gasteiger partial charge in [0.2, 0.25) is 11.8 Å². The molecule has 8 nitrogen and oxygen atoms in total. The molecule has 1 heterocycles. The third-order valence-electron chi connectivity index (χ3n) is 3.88. The zero-order valence-corrected chi connectivity index (χ0v) is 15.2. The Morgan fingerprint density at radius 3 is 2.12 bits per heavy atom. The van der Waals surface area contributed by atoms with Gasteiger partial charge in [0.15, 0.2) is 5.78 Å². The molecule has 0 saturated carbocycles. The predicted molar refractivity (Wildman–Crippen MR) is 90.1 cm³/mol. The molecule has 1 rings (SSSR count). The SMILES string of the molecule is CC1=CC(=O)N(CCC(=O)N[C@@H](C)C(=O)N[C@@H](C)C(=O)C(C)C)C1=O. The molecule has 1 aliphatic rings. The van der Waals surface area contributed by atoms with Crippen LogP contribution in [0.25, 0.3) is 0 Å². The van der Waals surface area contributed by atoms with E-state index in [0.717, 1.165) is 4.90 Å². The van der Waals surface area contributed by atoms with Crippen LogP contribution in [-0.4, -0.2) is 52.9 Å². The molecular weight excluding hydrogens is 326 g/mol. The van der Waals surface area contributed by atoms with Crippen molar-refractivity contribution < 1.29 is 24.0 Å². The molecular formula is C17H25N3O5. The van der Waals surface area contributed by atoms with Crippen molar-refractivity contribution in [2.45, 2.75) is 53.1 Å². The summed E-state index contributed by atoms with van der Waals surface area (Å²) >= 11 is 0. The Balaban J connectivity index is 2.44. The van der Waals surface area contributed by atoms with Gasteiger partial charge in [-0.2, -0.15) is 0 Å². The van der Waals surface area contributed by atoms with Gasteiger partial charge >= 0.3 is 0 Å². The third kappa shape index (κ3) is 5.51. The minimum Gasteiger partial charge on any atom is -0.345 e. The second-order valence-electron chi connectivity index (χ2n) is 6.45. The van der Waals surface area contributed by atoms with Gasteiger partial charge in [-0.15, -0.1) is 0 Å². The number of rotatable bonds is 8. The number of imide groups is 1. The summed E-state index contributed by atoms with van der Waals surface area (Å²) in [6, 6.07) is -1.47. The average Bonchev–Trinajstić information content (AvgIpc) is 2.76. The highest BCUT2D eigenvalue weighted by Gasteiger charge is 2.29. The normalized spacial score (nSPS) is 16.6. The summed E-state index contributed by atoms with van der Waals surface area (Å²) in [5.74, 6) is -2.09. The topological polar surface area (TPSA) is 113 Å². The van der Waals surface area contributed by atoms with E-state index in [1.807, 2.05) is 0 Å². The summed E-state index contributed by atoms with van der Waals surface area (Å²) in [4.78, 5) is 60.0. The largest absolute Gasteiger partial charge is 0.345 e. The van der Waals surface area contributed by atoms with Crippen molar-refractivity contribution in [1.29, 1.82) is 0 Å². The van der Waals surface area contributed by atoms with E-state index in [2.05, 4.69) is 10.6 Å². The lowest BCUT2D eigenvalue weighted by molar-refractivity contribution is -0.138. The van der Waals surface area contributed by atoms with Crippen LogP contribution in [0.5, 0.6) is 0 Å². The molecule has 8 heteroatoms. The molecule has 0 aliphatic carbocycles. The molecule has 25 heavy (non-hydrogen) atoms. The van der Waals surface area contributed by atoms with Crippen molar-refractivity contribution in [3.63, 3.8) is 0 Å². The lowest BCUT2D eigenvalue weighted by Gasteiger charge is -2.19. The van der Waals surface area contributed by atoms with Gasteiger partial charge in [-0.3, -0.25) is 28.9 Å². The van der Waals surface area contributed by atoms with Crippen LogP contribution in [0.3, 0.4) is 0 Å². The summed E-state index contributed by atoms with van der Waals surface area (Å²) < 4.78 is 0. The summed E-state index contributed by atoms with van der Waals surface area (Å²) in [7, 11) is 0. The van der Waals surface area contributed by atoms with Crippen LogP contribution in [-0.2, 0) is 24.0 Å². The number of nitrogens with one attached hydrogen (secondary N) is 2. The summed E-state index contributed by atoms with van der Waals surface area (Å²) in [6.45, 7) is 8.06. The van der Waals surface area contributed by atoms with Gasteiger partial charge in [0, 0.05) is 30.5 Å². The van der Waals surface area contributed by atoms with E-state index in [9.17, 15) is 24.0 Å². The molecule has 0 aromatic carbocycles. The Kier molecular flexibility index (Phi) is 7.02. The number of carbonyl (C=O) groups is 5. The van der Waals surface area contributed by atoms with Crippen LogP contribution in [0.15, 0.2) is 11.6 Å². The fourth-order valence-corrected chi connectivity index (χ4v) is 2.35. The average molecular weight is 351 g/mol. The fourth-order valence-electron chi connectivity index (χ4n) is 2.35. The number of carbonyl (C=O) groups excluding carboxylic acids is 5. The maximum absolute atomic E-state index is 12.0. The maximum atomic E-state index is 12.0. The van der Waals surface area contributed by atoms with Crippen molar-refractivity contribution in [3.8, 4) is 0 Å². The van der Waals surface area contributed by atoms with E-state index in [4.69, 9.17) is 0 Å². The first-order chi connectivity index (χ1) is 11.5. The number of hydrogen-bond acceptors (Lipinski definition) is 5. The van der Waals surface area contributed by atoms with Gasteiger partial charge < -0.3 is 10.6 Å². The van der Waals surface area contributed by atoms with E-state index in [0.29, 0.717) is 5.57 Å². The summed E-state index contributed by atoms with van der Waals surface area (Å²) in [6.07, 6.45) is 1.13. The number of amides is 4. The van der Waals surface area contributed by atoms with E-state index >= 15 is 0 Å². The molecule has 1 aliphatic heterocycles. The van der Waals surface area contributed by atoms with Crippen molar-refractivity contribution in [1.82, 2.24) is 15.5 Å². The minimum atomic E-state index is -0.834. The number of hydrogen-bond donors (Lipinski definition) is 2. The first-order valence-electron chi connectivity index (χ1n) is 8.22. The third-order valence-corrected chi connectivity index (χ3v) is 3.88. The first-order valence-corrected chi connectivity index (χ1v) is 8.22. The van der Waals surface area contributed by atoms with Gasteiger partial charge in [-0.05, 0) is 20.8 Å². The van der Waals surface area contributed by atoms with Crippen molar-refractivity contribution in [2.24, 2.45) is 5.92 Å². The quantitative estimate of drug-likeness (QED) is 0.594. The predicted octanol–water partition coefficient (Wildman–Crippen LogP) is -0.0739. The number of ketones is 1. The molecule has 4 amide bonds. The van der Waals surface area contributed by atoms with Crippen LogP contribution in [0.1, 0.15) is 41.0 Å². The Hall–Kier alpha value is -2.51. The minimum absolute atomic E-state index is 0.0477. The molecule has 0 unspecified atom stereocenters. The Morgan fingerprint density at radius 1 is 1.04 bits per heavy atom. The van der Waals surface area contributed by atoms with Crippen molar-refractivity contribution >= 4 is 29.4 Å². The highest BCUT2D eigenvalue weighted by atomic mass is 16.2. The van der Waals surface area contributed by atoms with Gasteiger partial charge in [0.05, 0.1) is 6.04 Å². The van der Waals surface area contributed by atoms with Crippen molar-refractivity contribution in [2.75, 3.05) is 6.54 Å². The molecule has 0 fully saturated rings. The van der Waals surface area contributed by atoms with E-state index in [1.165, 1.54) is 19.9 Å². The van der Waals surface area contributed by atoms with Crippen LogP contribution in [0.2, 0.25) is 0 Å². The molecule has 0 bridgehead atoms. The van der Waals surface area contributed by atoms with Crippen LogP contribution >= 0.6 is 0 Å². The monoisotopic (exact) mass is 351 g/mol. The molecule has 2 N–H and O–H groups in total. The molecule has 0 aromatic heterocycles. The zero-order chi connectivity index (χ0) is 19.3. The Bertz CT molecular complexity index is 624. The number of nitrogens with zero attached hydrogens (tertiary/aromatic N) is 1. The maximum Gasteiger partial charge on any atom is 0.256 e. The van der Waals surface area contributed by atoms with Gasteiger partial charge in [-0.25, -0.2) is 0 Å². The van der Waals surface area contributed by atoms with Gasteiger partial charge in [-0.1, -0.05) is 13.8 Å². The fraction of sp³-hybridized carbons (Fsp3) is 0.588. The molecule has 0 aromatic rings. The molecule has 0 radical (unpaired) electrons. The standard InChI is InChI=1S/C17H25N3O5/c1-9(2)15(23)11(4)19-16(24)12(5)18-13(21)6-7-20-14(22)8-10(3)17(20)25/h8-9,11-12H,6-7H2,1-5H3,(H,18,21)(H,19,24)/t11-,12-/m0/s1.